The molecule has 0 N–H and O–H groups in total. The first-order valence-electron chi connectivity index (χ1n) is 4.05. The van der Waals surface area contributed by atoms with Gasteiger partial charge in [-0.25, -0.2) is 4.39 Å². The van der Waals surface area contributed by atoms with Crippen molar-refractivity contribution in [3.63, 3.8) is 0 Å². The van der Waals surface area contributed by atoms with Crippen LogP contribution in [0, 0.1) is 0 Å². The predicted molar refractivity (Wildman–Crippen MR) is 40.9 cm³/mol. The number of rotatable bonds is 3. The largest absolute Gasteiger partial charge is 0.301 e. The monoisotopic (exact) mass is 207 g/mol. The zero-order valence-corrected chi connectivity index (χ0v) is 7.23. The van der Waals surface area contributed by atoms with Crippen LogP contribution in [0.25, 0.3) is 0 Å². The highest BCUT2D eigenvalue weighted by atomic mass is 19.3. The first-order chi connectivity index (χ1) is 6.52. The van der Waals surface area contributed by atoms with Gasteiger partial charge in [-0.2, -0.15) is 8.78 Å². The third-order valence-corrected chi connectivity index (χ3v) is 1.91. The van der Waals surface area contributed by atoms with Crippen molar-refractivity contribution in [2.45, 2.75) is 19.3 Å². The van der Waals surface area contributed by atoms with Crippen LogP contribution in [0.2, 0.25) is 0 Å². The molecule has 0 aromatic carbocycles. The molecule has 0 spiro atoms. The van der Waals surface area contributed by atoms with Crippen LogP contribution in [0.5, 0.6) is 0 Å². The first kappa shape index (κ1) is 10.7. The molecule has 2 amide bonds. The standard InChI is InChI=1S/C8H8F3NO2/c9-5(8(10)11)3-4-12-6(13)1-2-7(12)14/h1-4H2. The molecule has 0 aromatic heterocycles. The number of nitrogens with zero attached hydrogens (tertiary/aromatic N) is 1. The molecule has 0 aliphatic carbocycles. The number of hydrogen-bond acceptors (Lipinski definition) is 2. The Labute approximate surface area is 78.2 Å². The number of carbonyl (C=O) groups excluding carboxylic acids is 2. The Kier molecular flexibility index (Phi) is 3.27. The van der Waals surface area contributed by atoms with Gasteiger partial charge in [0.15, 0.2) is 5.83 Å². The molecule has 0 radical (unpaired) electrons. The maximum atomic E-state index is 12.3. The summed E-state index contributed by atoms with van der Waals surface area (Å²) in [7, 11) is 0. The summed E-state index contributed by atoms with van der Waals surface area (Å²) in [5.74, 6) is -2.43. The van der Waals surface area contributed by atoms with Crippen LogP contribution < -0.4 is 0 Å². The summed E-state index contributed by atoms with van der Waals surface area (Å²) in [4.78, 5) is 22.7. The highest BCUT2D eigenvalue weighted by Crippen LogP contribution is 2.17. The Bertz CT molecular complexity index is 281. The molecule has 1 rings (SSSR count). The van der Waals surface area contributed by atoms with Gasteiger partial charge in [-0.05, 0) is 0 Å². The topological polar surface area (TPSA) is 37.4 Å². The van der Waals surface area contributed by atoms with Crippen molar-refractivity contribution in [1.82, 2.24) is 4.90 Å². The normalized spacial score (nSPS) is 16.4. The number of halogens is 3. The summed E-state index contributed by atoms with van der Waals surface area (Å²) in [6.07, 6.45) is -2.84. The smallest absolute Gasteiger partial charge is 0.282 e. The van der Waals surface area contributed by atoms with E-state index >= 15 is 0 Å². The Morgan fingerprint density at radius 1 is 1.14 bits per heavy atom. The number of imide groups is 1. The van der Waals surface area contributed by atoms with Crippen molar-refractivity contribution < 1.29 is 22.8 Å². The minimum atomic E-state index is -2.40. The predicted octanol–water partition coefficient (Wildman–Crippen LogP) is 1.60. The van der Waals surface area contributed by atoms with Crippen LogP contribution in [0.3, 0.4) is 0 Å². The van der Waals surface area contributed by atoms with Crippen LogP contribution >= 0.6 is 0 Å². The van der Waals surface area contributed by atoms with Gasteiger partial charge in [-0.1, -0.05) is 0 Å². The molecular weight excluding hydrogens is 199 g/mol. The van der Waals surface area contributed by atoms with Crippen molar-refractivity contribution >= 4 is 11.8 Å². The quantitative estimate of drug-likeness (QED) is 0.659. The second-order valence-electron chi connectivity index (χ2n) is 2.85. The molecule has 6 heteroatoms. The van der Waals surface area contributed by atoms with Gasteiger partial charge in [0.2, 0.25) is 11.8 Å². The molecule has 0 aromatic rings. The van der Waals surface area contributed by atoms with E-state index in [9.17, 15) is 22.8 Å². The van der Waals surface area contributed by atoms with E-state index in [0.717, 1.165) is 4.90 Å². The minimum Gasteiger partial charge on any atom is -0.282 e. The fourth-order valence-electron chi connectivity index (χ4n) is 1.18. The molecule has 0 atom stereocenters. The lowest BCUT2D eigenvalue weighted by Crippen LogP contribution is -2.30. The summed E-state index contributed by atoms with van der Waals surface area (Å²) in [6.45, 7) is -0.305. The van der Waals surface area contributed by atoms with Crippen molar-refractivity contribution in [3.05, 3.63) is 11.9 Å². The maximum absolute atomic E-state index is 12.3. The molecule has 1 saturated heterocycles. The van der Waals surface area contributed by atoms with E-state index in [1.54, 1.807) is 0 Å². The molecule has 1 fully saturated rings. The van der Waals surface area contributed by atoms with Gasteiger partial charge in [0.25, 0.3) is 0 Å². The molecule has 0 unspecified atom stereocenters. The van der Waals surface area contributed by atoms with Gasteiger partial charge >= 0.3 is 6.08 Å². The highest BCUT2D eigenvalue weighted by Gasteiger charge is 2.28. The van der Waals surface area contributed by atoms with Gasteiger partial charge < -0.3 is 0 Å². The van der Waals surface area contributed by atoms with E-state index in [4.69, 9.17) is 0 Å². The van der Waals surface area contributed by atoms with Crippen LogP contribution in [-0.4, -0.2) is 23.3 Å². The molecule has 0 saturated carbocycles. The van der Waals surface area contributed by atoms with Crippen LogP contribution in [0.1, 0.15) is 19.3 Å². The second-order valence-corrected chi connectivity index (χ2v) is 2.85. The molecule has 1 aliphatic heterocycles. The Hall–Kier alpha value is -1.33. The fraction of sp³-hybridized carbons (Fsp3) is 0.500. The van der Waals surface area contributed by atoms with Gasteiger partial charge in [0.1, 0.15) is 0 Å². The van der Waals surface area contributed by atoms with Crippen molar-refractivity contribution in [2.75, 3.05) is 6.54 Å². The summed E-state index contributed by atoms with van der Waals surface area (Å²) in [5, 5.41) is 0. The SMILES string of the molecule is O=C1CCC(=O)N1CCC(F)=C(F)F. The van der Waals surface area contributed by atoms with Crippen molar-refractivity contribution in [2.24, 2.45) is 0 Å². The first-order valence-corrected chi connectivity index (χ1v) is 4.05. The summed E-state index contributed by atoms with van der Waals surface area (Å²) in [6, 6.07) is 0. The number of hydrogen-bond donors (Lipinski definition) is 0. The second kappa shape index (κ2) is 4.26. The maximum Gasteiger partial charge on any atom is 0.301 e. The molecular formula is C8H8F3NO2. The highest BCUT2D eigenvalue weighted by molar-refractivity contribution is 6.01. The van der Waals surface area contributed by atoms with Crippen LogP contribution in [0.15, 0.2) is 11.9 Å². The van der Waals surface area contributed by atoms with E-state index < -0.39 is 30.1 Å². The molecule has 78 valence electrons. The average molecular weight is 207 g/mol. The third kappa shape index (κ3) is 2.34. The molecule has 1 aliphatic rings. The van der Waals surface area contributed by atoms with Gasteiger partial charge in [0, 0.05) is 25.8 Å². The zero-order chi connectivity index (χ0) is 10.7. The zero-order valence-electron chi connectivity index (χ0n) is 7.23. The van der Waals surface area contributed by atoms with E-state index in [0.29, 0.717) is 0 Å². The lowest BCUT2D eigenvalue weighted by Gasteiger charge is -2.11. The average Bonchev–Trinajstić information content (AvgIpc) is 2.43. The van der Waals surface area contributed by atoms with E-state index in [-0.39, 0.29) is 19.4 Å². The molecule has 14 heavy (non-hydrogen) atoms. The third-order valence-electron chi connectivity index (χ3n) is 1.91. The Balaban J connectivity index is 2.49. The Morgan fingerprint density at radius 2 is 1.64 bits per heavy atom. The lowest BCUT2D eigenvalue weighted by molar-refractivity contribution is -0.138. The van der Waals surface area contributed by atoms with Crippen molar-refractivity contribution in [3.8, 4) is 0 Å². The van der Waals surface area contributed by atoms with Gasteiger partial charge in [0.05, 0.1) is 0 Å². The minimum absolute atomic E-state index is 0.0856. The van der Waals surface area contributed by atoms with E-state index in [1.807, 2.05) is 0 Å². The van der Waals surface area contributed by atoms with Gasteiger partial charge in [-0.15, -0.1) is 0 Å². The fourth-order valence-corrected chi connectivity index (χ4v) is 1.18. The number of likely N-dealkylation sites (tertiary alicyclic amines) is 1. The molecule has 3 nitrogen and oxygen atoms in total. The van der Waals surface area contributed by atoms with Crippen molar-refractivity contribution in [1.29, 1.82) is 0 Å². The lowest BCUT2D eigenvalue weighted by atomic mass is 10.3. The van der Waals surface area contributed by atoms with E-state index in [2.05, 4.69) is 0 Å². The van der Waals surface area contributed by atoms with Crippen LogP contribution in [0.4, 0.5) is 13.2 Å². The molecule has 1 heterocycles. The number of carbonyl (C=O) groups is 2. The number of amides is 2. The van der Waals surface area contributed by atoms with E-state index in [1.165, 1.54) is 0 Å². The summed E-state index contributed by atoms with van der Waals surface area (Å²) >= 11 is 0. The van der Waals surface area contributed by atoms with Crippen LogP contribution in [-0.2, 0) is 9.59 Å². The molecule has 0 bridgehead atoms. The Morgan fingerprint density at radius 3 is 2.07 bits per heavy atom. The van der Waals surface area contributed by atoms with Gasteiger partial charge in [-0.3, -0.25) is 14.5 Å². The summed E-state index contributed by atoms with van der Waals surface area (Å²) in [5.41, 5.74) is 0. The summed E-state index contributed by atoms with van der Waals surface area (Å²) < 4.78 is 35.5.